The quantitative estimate of drug-likeness (QED) is 0.261. The van der Waals surface area contributed by atoms with Crippen molar-refractivity contribution >= 4 is 34.6 Å². The molecule has 0 aliphatic carbocycles. The molecule has 1 fully saturated rings. The molecule has 6 rings (SSSR count). The summed E-state index contributed by atoms with van der Waals surface area (Å²) in [6, 6.07) is 8.69. The molecular weight excluding hydrogens is 608 g/mol. The van der Waals surface area contributed by atoms with E-state index in [1.54, 1.807) is 30.3 Å². The number of benzene rings is 3. The monoisotopic (exact) mass is 638 g/mol. The molecule has 3 aromatic carbocycles. The highest BCUT2D eigenvalue weighted by molar-refractivity contribution is 6.14. The van der Waals surface area contributed by atoms with E-state index in [-0.39, 0.29) is 31.3 Å². The number of rotatable bonds is 8. The zero-order valence-electron chi connectivity index (χ0n) is 25.5. The van der Waals surface area contributed by atoms with Crippen LogP contribution in [0.2, 0.25) is 0 Å². The lowest BCUT2D eigenvalue weighted by Crippen LogP contribution is -2.59. The van der Waals surface area contributed by atoms with Gasteiger partial charge in [-0.1, -0.05) is 6.07 Å². The molecule has 46 heavy (non-hydrogen) atoms. The summed E-state index contributed by atoms with van der Waals surface area (Å²) < 4.78 is 56.6. The van der Waals surface area contributed by atoms with E-state index in [1.807, 2.05) is 0 Å². The summed E-state index contributed by atoms with van der Waals surface area (Å²) in [5.74, 6) is -0.746. The van der Waals surface area contributed by atoms with Crippen LogP contribution in [0, 0.1) is 0 Å². The van der Waals surface area contributed by atoms with Crippen LogP contribution in [0.1, 0.15) is 36.7 Å². The van der Waals surface area contributed by atoms with Crippen LogP contribution in [0.5, 0.6) is 28.7 Å². The van der Waals surface area contributed by atoms with E-state index in [0.717, 1.165) is 6.92 Å². The molecule has 0 amide bonds. The number of esters is 4. The summed E-state index contributed by atoms with van der Waals surface area (Å²) in [7, 11) is 2.96. The Morgan fingerprint density at radius 3 is 2.09 bits per heavy atom. The Labute approximate surface area is 262 Å². The van der Waals surface area contributed by atoms with Crippen molar-refractivity contribution in [1.82, 2.24) is 0 Å². The topological polar surface area (TPSA) is 161 Å². The number of carbonyl (C=O) groups excluding carboxylic acids is 4. The third-order valence-electron chi connectivity index (χ3n) is 7.62. The first-order valence-electron chi connectivity index (χ1n) is 14.2. The molecule has 242 valence electrons. The fourth-order valence-corrected chi connectivity index (χ4v) is 5.82. The SMILES string of the molecule is COc1cc2c(OC3OC[C@H](OC(C)=O)[C@H](OC(C)=O)[C@H]3OC(C)=O)c3c(c(-c4ccc5c(c4)OCO5)c2cc1OC)C(=O)OC3. The van der Waals surface area contributed by atoms with Gasteiger partial charge in [0.2, 0.25) is 19.2 Å². The second kappa shape index (κ2) is 12.3. The maximum absolute atomic E-state index is 13.4. The largest absolute Gasteiger partial charge is 0.493 e. The second-order valence-corrected chi connectivity index (χ2v) is 10.6. The molecule has 0 bridgehead atoms. The zero-order chi connectivity index (χ0) is 32.7. The van der Waals surface area contributed by atoms with Gasteiger partial charge in [-0.05, 0) is 35.2 Å². The minimum absolute atomic E-state index is 0.0645. The van der Waals surface area contributed by atoms with E-state index in [2.05, 4.69) is 0 Å². The van der Waals surface area contributed by atoms with Gasteiger partial charge in [-0.25, -0.2) is 4.79 Å². The van der Waals surface area contributed by atoms with Crippen molar-refractivity contribution in [2.24, 2.45) is 0 Å². The standard InChI is InChI=1S/C32H30O14/c1-14(33)43-25-12-40-32(30(45-16(3)35)29(25)44-15(2)34)46-28-19-10-23(38-5)22(37-4)9-18(19)26(27-20(28)11-39-31(27)36)17-6-7-21-24(8-17)42-13-41-21/h6-10,25,29-30,32H,11-13H2,1-5H3/t25-,29-,30+,32?/m0/s1. The molecule has 14 heteroatoms. The van der Waals surface area contributed by atoms with Crippen molar-refractivity contribution in [3.63, 3.8) is 0 Å². The fraction of sp³-hybridized carbons (Fsp3) is 0.375. The van der Waals surface area contributed by atoms with E-state index in [0.29, 0.717) is 50.5 Å². The average molecular weight is 639 g/mol. The van der Waals surface area contributed by atoms with Gasteiger partial charge >= 0.3 is 23.9 Å². The molecule has 0 saturated carbocycles. The number of hydrogen-bond donors (Lipinski definition) is 0. The molecule has 0 radical (unpaired) electrons. The van der Waals surface area contributed by atoms with Crippen molar-refractivity contribution < 1.29 is 66.5 Å². The molecule has 0 spiro atoms. The van der Waals surface area contributed by atoms with Crippen molar-refractivity contribution in [3.05, 3.63) is 41.5 Å². The number of hydrogen-bond acceptors (Lipinski definition) is 14. The molecular formula is C32H30O14. The Morgan fingerprint density at radius 2 is 1.41 bits per heavy atom. The van der Waals surface area contributed by atoms with Gasteiger partial charge in [-0.2, -0.15) is 0 Å². The van der Waals surface area contributed by atoms with E-state index >= 15 is 0 Å². The van der Waals surface area contributed by atoms with Crippen molar-refractivity contribution in [2.45, 2.75) is 52.0 Å². The summed E-state index contributed by atoms with van der Waals surface area (Å²) in [5.41, 5.74) is 1.76. The molecule has 3 aliphatic heterocycles. The average Bonchev–Trinajstić information content (AvgIpc) is 3.64. The van der Waals surface area contributed by atoms with Crippen LogP contribution in [-0.4, -0.2) is 76.1 Å². The van der Waals surface area contributed by atoms with Crippen LogP contribution in [-0.2, 0) is 44.7 Å². The molecule has 0 N–H and O–H groups in total. The predicted molar refractivity (Wildman–Crippen MR) is 155 cm³/mol. The highest BCUT2D eigenvalue weighted by atomic mass is 16.7. The Hall–Kier alpha value is -5.24. The van der Waals surface area contributed by atoms with Crippen LogP contribution in [0.3, 0.4) is 0 Å². The highest BCUT2D eigenvalue weighted by Crippen LogP contribution is 2.49. The van der Waals surface area contributed by atoms with Crippen molar-refractivity contribution in [2.75, 3.05) is 27.6 Å². The maximum atomic E-state index is 13.4. The van der Waals surface area contributed by atoms with Gasteiger partial charge in [0.25, 0.3) is 0 Å². The highest BCUT2D eigenvalue weighted by Gasteiger charge is 2.49. The molecule has 14 nitrogen and oxygen atoms in total. The number of cyclic esters (lactones) is 1. The van der Waals surface area contributed by atoms with Gasteiger partial charge < -0.3 is 47.4 Å². The number of ether oxygens (including phenoxy) is 10. The van der Waals surface area contributed by atoms with E-state index in [1.165, 1.54) is 28.1 Å². The minimum Gasteiger partial charge on any atom is -0.493 e. The Bertz CT molecular complexity index is 1750. The van der Waals surface area contributed by atoms with Crippen LogP contribution < -0.4 is 23.7 Å². The summed E-state index contributed by atoms with van der Waals surface area (Å²) in [4.78, 5) is 49.6. The Balaban J connectivity index is 1.54. The maximum Gasteiger partial charge on any atom is 0.339 e. The van der Waals surface area contributed by atoms with Crippen LogP contribution >= 0.6 is 0 Å². The second-order valence-electron chi connectivity index (χ2n) is 10.6. The third kappa shape index (κ3) is 5.55. The number of fused-ring (bicyclic) bond motifs is 3. The summed E-state index contributed by atoms with van der Waals surface area (Å²) >= 11 is 0. The van der Waals surface area contributed by atoms with Gasteiger partial charge in [-0.3, -0.25) is 14.4 Å². The number of methoxy groups -OCH3 is 2. The molecule has 0 aromatic heterocycles. The van der Waals surface area contributed by atoms with Gasteiger partial charge in [0, 0.05) is 37.3 Å². The van der Waals surface area contributed by atoms with E-state index < -0.39 is 48.5 Å². The van der Waals surface area contributed by atoms with Crippen LogP contribution in [0.4, 0.5) is 0 Å². The smallest absolute Gasteiger partial charge is 0.339 e. The Morgan fingerprint density at radius 1 is 0.761 bits per heavy atom. The molecule has 4 atom stereocenters. The third-order valence-corrected chi connectivity index (χ3v) is 7.62. The Kier molecular flexibility index (Phi) is 8.21. The predicted octanol–water partition coefficient (Wildman–Crippen LogP) is 3.45. The molecule has 3 heterocycles. The van der Waals surface area contributed by atoms with E-state index in [4.69, 9.17) is 47.4 Å². The van der Waals surface area contributed by atoms with Gasteiger partial charge in [0.05, 0.1) is 26.4 Å². The fourth-order valence-electron chi connectivity index (χ4n) is 5.82. The van der Waals surface area contributed by atoms with E-state index in [9.17, 15) is 19.2 Å². The summed E-state index contributed by atoms with van der Waals surface area (Å²) in [5, 5.41) is 0.997. The van der Waals surface area contributed by atoms with Crippen LogP contribution in [0.25, 0.3) is 21.9 Å². The lowest BCUT2D eigenvalue weighted by atomic mass is 9.89. The first-order chi connectivity index (χ1) is 22.1. The zero-order valence-corrected chi connectivity index (χ0v) is 25.5. The van der Waals surface area contributed by atoms with Crippen molar-refractivity contribution in [1.29, 1.82) is 0 Å². The summed E-state index contributed by atoms with van der Waals surface area (Å²) in [6.07, 6.45) is -5.14. The van der Waals surface area contributed by atoms with Gasteiger partial charge in [0.15, 0.2) is 35.2 Å². The molecule has 1 saturated heterocycles. The van der Waals surface area contributed by atoms with Crippen LogP contribution in [0.15, 0.2) is 30.3 Å². The molecule has 3 aliphatic rings. The first kappa shape index (κ1) is 30.8. The normalized spacial score (nSPS) is 21.2. The summed E-state index contributed by atoms with van der Waals surface area (Å²) in [6.45, 7) is 3.16. The lowest BCUT2D eigenvalue weighted by Gasteiger charge is -2.40. The van der Waals surface area contributed by atoms with Gasteiger partial charge in [-0.15, -0.1) is 0 Å². The van der Waals surface area contributed by atoms with Crippen molar-refractivity contribution in [3.8, 4) is 39.9 Å². The molecule has 1 unspecified atom stereocenters. The number of carbonyl (C=O) groups is 4. The lowest BCUT2D eigenvalue weighted by molar-refractivity contribution is -0.259. The first-order valence-corrected chi connectivity index (χ1v) is 14.2. The minimum atomic E-state index is -1.38. The molecule has 3 aromatic rings. The van der Waals surface area contributed by atoms with Gasteiger partial charge in [0.1, 0.15) is 12.4 Å².